The molecular formula is C17H23FN2O2. The Bertz CT molecular complexity index is 564. The molecule has 1 saturated heterocycles. The summed E-state index contributed by atoms with van der Waals surface area (Å²) >= 11 is 0. The molecule has 0 radical (unpaired) electrons. The Balaban J connectivity index is 1.67. The van der Waals surface area contributed by atoms with Gasteiger partial charge in [-0.15, -0.1) is 0 Å². The summed E-state index contributed by atoms with van der Waals surface area (Å²) < 4.78 is 18.9. The van der Waals surface area contributed by atoms with Crippen LogP contribution in [0.3, 0.4) is 0 Å². The first-order valence-corrected chi connectivity index (χ1v) is 7.97. The van der Waals surface area contributed by atoms with E-state index in [0.717, 1.165) is 32.4 Å². The minimum Gasteiger partial charge on any atom is -0.497 e. The molecule has 0 unspecified atom stereocenters. The van der Waals surface area contributed by atoms with Crippen LogP contribution in [0, 0.1) is 17.2 Å². The largest absolute Gasteiger partial charge is 0.497 e. The monoisotopic (exact) mass is 306 g/mol. The van der Waals surface area contributed by atoms with Gasteiger partial charge in [0.05, 0.1) is 12.5 Å². The van der Waals surface area contributed by atoms with E-state index in [4.69, 9.17) is 4.74 Å². The highest BCUT2D eigenvalue weighted by molar-refractivity contribution is 5.83. The zero-order valence-corrected chi connectivity index (χ0v) is 13.0. The van der Waals surface area contributed by atoms with Gasteiger partial charge in [-0.3, -0.25) is 4.79 Å². The van der Waals surface area contributed by atoms with Crippen molar-refractivity contribution in [3.63, 3.8) is 0 Å². The smallest absolute Gasteiger partial charge is 0.228 e. The van der Waals surface area contributed by atoms with Crippen LogP contribution >= 0.6 is 0 Å². The highest BCUT2D eigenvalue weighted by Crippen LogP contribution is 2.43. The number of nitrogens with one attached hydrogen (secondary N) is 2. The van der Waals surface area contributed by atoms with Gasteiger partial charge < -0.3 is 15.4 Å². The number of ether oxygens (including phenoxy) is 1. The van der Waals surface area contributed by atoms with Crippen LogP contribution in [-0.4, -0.2) is 26.1 Å². The normalized spacial score (nSPS) is 27.3. The van der Waals surface area contributed by atoms with Gasteiger partial charge >= 0.3 is 0 Å². The fraction of sp³-hybridized carbons (Fsp3) is 0.588. The molecular weight excluding hydrogens is 283 g/mol. The molecule has 1 amide bonds. The molecule has 5 heteroatoms. The van der Waals surface area contributed by atoms with Gasteiger partial charge in [-0.05, 0) is 31.4 Å². The first kappa shape index (κ1) is 15.3. The number of halogens is 1. The number of amides is 1. The predicted octanol–water partition coefficient (Wildman–Crippen LogP) is 2.23. The number of benzene rings is 1. The van der Waals surface area contributed by atoms with Gasteiger partial charge in [0.15, 0.2) is 0 Å². The number of hydrogen-bond donors (Lipinski definition) is 2. The molecule has 2 aliphatic rings. The molecule has 1 aromatic carbocycles. The van der Waals surface area contributed by atoms with Gasteiger partial charge in [0.1, 0.15) is 11.6 Å². The fourth-order valence-electron chi connectivity index (χ4n) is 3.84. The van der Waals surface area contributed by atoms with Crippen molar-refractivity contribution in [1.29, 1.82) is 0 Å². The molecule has 0 aromatic heterocycles. The van der Waals surface area contributed by atoms with E-state index < -0.39 is 0 Å². The summed E-state index contributed by atoms with van der Waals surface area (Å²) in [6.45, 7) is 1.89. The SMILES string of the molecule is COc1ccc(CNC(=O)[C@@]23CCCC[C@H]2CNC3)c(F)c1. The van der Waals surface area contributed by atoms with Crippen LogP contribution in [0.2, 0.25) is 0 Å². The highest BCUT2D eigenvalue weighted by atomic mass is 19.1. The van der Waals surface area contributed by atoms with Crippen LogP contribution in [-0.2, 0) is 11.3 Å². The van der Waals surface area contributed by atoms with Crippen molar-refractivity contribution in [2.45, 2.75) is 32.2 Å². The summed E-state index contributed by atoms with van der Waals surface area (Å²) in [5, 5.41) is 6.31. The van der Waals surface area contributed by atoms with Crippen molar-refractivity contribution in [3.05, 3.63) is 29.6 Å². The third kappa shape index (κ3) is 2.70. The minimum absolute atomic E-state index is 0.0671. The molecule has 1 aromatic rings. The van der Waals surface area contributed by atoms with E-state index >= 15 is 0 Å². The van der Waals surface area contributed by atoms with Crippen molar-refractivity contribution < 1.29 is 13.9 Å². The van der Waals surface area contributed by atoms with Crippen LogP contribution in [0.25, 0.3) is 0 Å². The number of rotatable bonds is 4. The molecule has 1 heterocycles. The molecule has 0 bridgehead atoms. The summed E-state index contributed by atoms with van der Waals surface area (Å²) in [5.41, 5.74) is 0.199. The molecule has 120 valence electrons. The molecule has 1 saturated carbocycles. The standard InChI is InChI=1S/C17H23FN2O2/c1-22-14-6-5-12(15(18)8-14)9-20-16(21)17-7-3-2-4-13(17)10-19-11-17/h5-6,8,13,19H,2-4,7,9-11H2,1H3,(H,20,21)/t13-,17+/m0/s1. The number of fused-ring (bicyclic) bond motifs is 1. The van der Waals surface area contributed by atoms with Crippen molar-refractivity contribution in [3.8, 4) is 5.75 Å². The Hall–Kier alpha value is -1.62. The summed E-state index contributed by atoms with van der Waals surface area (Å²) in [4.78, 5) is 12.7. The third-order valence-corrected chi connectivity index (χ3v) is 5.19. The maximum absolute atomic E-state index is 14.0. The van der Waals surface area contributed by atoms with Crippen LogP contribution in [0.4, 0.5) is 4.39 Å². The Morgan fingerprint density at radius 2 is 2.36 bits per heavy atom. The Morgan fingerprint density at radius 1 is 1.50 bits per heavy atom. The van der Waals surface area contributed by atoms with Crippen LogP contribution in [0.5, 0.6) is 5.75 Å². The lowest BCUT2D eigenvalue weighted by atomic mass is 9.67. The van der Waals surface area contributed by atoms with Crippen molar-refractivity contribution in [2.75, 3.05) is 20.2 Å². The average Bonchev–Trinajstić information content (AvgIpc) is 2.98. The fourth-order valence-corrected chi connectivity index (χ4v) is 3.84. The van der Waals surface area contributed by atoms with Gasteiger partial charge in [-0.25, -0.2) is 4.39 Å². The Morgan fingerprint density at radius 3 is 3.14 bits per heavy atom. The number of hydrogen-bond acceptors (Lipinski definition) is 3. The first-order chi connectivity index (χ1) is 10.7. The zero-order chi connectivity index (χ0) is 15.6. The molecule has 1 aliphatic carbocycles. The lowest BCUT2D eigenvalue weighted by Gasteiger charge is -2.37. The molecule has 2 fully saturated rings. The minimum atomic E-state index is -0.345. The predicted molar refractivity (Wildman–Crippen MR) is 82.1 cm³/mol. The molecule has 3 rings (SSSR count). The lowest BCUT2D eigenvalue weighted by Crippen LogP contribution is -2.47. The zero-order valence-electron chi connectivity index (χ0n) is 13.0. The summed E-state index contributed by atoms with van der Waals surface area (Å²) in [6, 6.07) is 4.72. The highest BCUT2D eigenvalue weighted by Gasteiger charge is 2.49. The number of carbonyl (C=O) groups is 1. The number of carbonyl (C=O) groups excluding carboxylic acids is 1. The maximum Gasteiger partial charge on any atom is 0.228 e. The van der Waals surface area contributed by atoms with Gasteiger partial charge in [-0.2, -0.15) is 0 Å². The molecule has 0 spiro atoms. The topological polar surface area (TPSA) is 50.4 Å². The van der Waals surface area contributed by atoms with Gasteiger partial charge in [-0.1, -0.05) is 18.9 Å². The van der Waals surface area contributed by atoms with E-state index in [1.54, 1.807) is 12.1 Å². The van der Waals surface area contributed by atoms with Gasteiger partial charge in [0.2, 0.25) is 5.91 Å². The summed E-state index contributed by atoms with van der Waals surface area (Å²) in [5.74, 6) is 0.625. The Kier molecular flexibility index (Phi) is 4.34. The quantitative estimate of drug-likeness (QED) is 0.897. The summed E-state index contributed by atoms with van der Waals surface area (Å²) in [6.07, 6.45) is 4.34. The summed E-state index contributed by atoms with van der Waals surface area (Å²) in [7, 11) is 1.51. The van der Waals surface area contributed by atoms with Gasteiger partial charge in [0, 0.05) is 24.7 Å². The van der Waals surface area contributed by atoms with Crippen LogP contribution in [0.1, 0.15) is 31.2 Å². The molecule has 4 nitrogen and oxygen atoms in total. The molecule has 1 aliphatic heterocycles. The van der Waals surface area contributed by atoms with Crippen molar-refractivity contribution in [1.82, 2.24) is 10.6 Å². The molecule has 22 heavy (non-hydrogen) atoms. The van der Waals surface area contributed by atoms with Gasteiger partial charge in [0.25, 0.3) is 0 Å². The van der Waals surface area contributed by atoms with Crippen molar-refractivity contribution >= 4 is 5.91 Å². The van der Waals surface area contributed by atoms with E-state index in [1.807, 2.05) is 0 Å². The van der Waals surface area contributed by atoms with Crippen LogP contribution < -0.4 is 15.4 Å². The second kappa shape index (κ2) is 6.24. The van der Waals surface area contributed by atoms with E-state index in [2.05, 4.69) is 10.6 Å². The second-order valence-electron chi connectivity index (χ2n) is 6.37. The van der Waals surface area contributed by atoms with E-state index in [9.17, 15) is 9.18 Å². The molecule has 2 N–H and O–H groups in total. The number of methoxy groups -OCH3 is 1. The van der Waals surface area contributed by atoms with Crippen LogP contribution in [0.15, 0.2) is 18.2 Å². The second-order valence-corrected chi connectivity index (χ2v) is 6.37. The van der Waals surface area contributed by atoms with E-state index in [1.165, 1.54) is 19.6 Å². The van der Waals surface area contributed by atoms with E-state index in [0.29, 0.717) is 17.2 Å². The van der Waals surface area contributed by atoms with Crippen molar-refractivity contribution in [2.24, 2.45) is 11.3 Å². The van der Waals surface area contributed by atoms with E-state index in [-0.39, 0.29) is 23.7 Å². The lowest BCUT2D eigenvalue weighted by molar-refractivity contribution is -0.134. The average molecular weight is 306 g/mol. The first-order valence-electron chi connectivity index (χ1n) is 7.97. The third-order valence-electron chi connectivity index (χ3n) is 5.19. The Labute approximate surface area is 130 Å². The molecule has 2 atom stereocenters. The maximum atomic E-state index is 14.0.